The largest absolute Gasteiger partial charge is 0.322 e. The van der Waals surface area contributed by atoms with Crippen molar-refractivity contribution in [2.24, 2.45) is 0 Å². The Kier molecular flexibility index (Phi) is 5.69. The molecule has 1 unspecified atom stereocenters. The summed E-state index contributed by atoms with van der Waals surface area (Å²) in [5.41, 5.74) is 0.762. The lowest BCUT2D eigenvalue weighted by Crippen LogP contribution is -2.32. The minimum Gasteiger partial charge on any atom is -0.322 e. The van der Waals surface area contributed by atoms with Crippen molar-refractivity contribution in [3.63, 3.8) is 0 Å². The molecular weight excluding hydrogens is 331 g/mol. The first-order chi connectivity index (χ1) is 11.3. The van der Waals surface area contributed by atoms with Crippen LogP contribution < -0.4 is 10.0 Å². The molecule has 5 nitrogen and oxygen atoms in total. The van der Waals surface area contributed by atoms with E-state index in [1.54, 1.807) is 6.92 Å². The molecule has 0 bridgehead atoms. The molecule has 1 atom stereocenters. The van der Waals surface area contributed by atoms with Gasteiger partial charge in [-0.25, -0.2) is 17.5 Å². The average molecular weight is 350 g/mol. The van der Waals surface area contributed by atoms with Crippen LogP contribution in [0, 0.1) is 5.82 Å². The van der Waals surface area contributed by atoms with E-state index >= 15 is 0 Å². The van der Waals surface area contributed by atoms with E-state index in [9.17, 15) is 17.6 Å². The van der Waals surface area contributed by atoms with Gasteiger partial charge in [0, 0.05) is 17.3 Å². The van der Waals surface area contributed by atoms with Crippen LogP contribution in [0.5, 0.6) is 0 Å². The summed E-state index contributed by atoms with van der Waals surface area (Å²) in [5.74, 6) is -0.795. The molecule has 0 saturated heterocycles. The normalized spacial score (nSPS) is 12.6. The van der Waals surface area contributed by atoms with Gasteiger partial charge in [-0.1, -0.05) is 6.92 Å². The van der Waals surface area contributed by atoms with E-state index in [1.165, 1.54) is 48.5 Å². The fourth-order valence-electron chi connectivity index (χ4n) is 1.94. The first-order valence-electron chi connectivity index (χ1n) is 7.51. The Balaban J connectivity index is 2.11. The van der Waals surface area contributed by atoms with E-state index in [0.29, 0.717) is 17.7 Å². The lowest BCUT2D eigenvalue weighted by atomic mass is 10.2. The number of halogens is 1. The van der Waals surface area contributed by atoms with E-state index in [4.69, 9.17) is 0 Å². The minimum atomic E-state index is -3.60. The fraction of sp³-hybridized carbons (Fsp3) is 0.235. The molecule has 0 spiro atoms. The number of carbonyl (C=O) groups excluding carboxylic acids is 1. The van der Waals surface area contributed by atoms with E-state index in [0.717, 1.165) is 0 Å². The molecule has 7 heteroatoms. The summed E-state index contributed by atoms with van der Waals surface area (Å²) < 4.78 is 39.7. The van der Waals surface area contributed by atoms with E-state index in [2.05, 4.69) is 10.0 Å². The Bertz CT molecular complexity index is 803. The van der Waals surface area contributed by atoms with Crippen molar-refractivity contribution in [1.29, 1.82) is 0 Å². The third-order valence-electron chi connectivity index (χ3n) is 3.50. The maximum atomic E-state index is 12.8. The Labute approximate surface area is 141 Å². The van der Waals surface area contributed by atoms with Gasteiger partial charge < -0.3 is 5.32 Å². The molecule has 0 aliphatic rings. The number of benzene rings is 2. The second-order valence-electron chi connectivity index (χ2n) is 5.42. The van der Waals surface area contributed by atoms with Crippen molar-refractivity contribution >= 4 is 21.6 Å². The topological polar surface area (TPSA) is 75.3 Å². The molecule has 1 amide bonds. The molecule has 24 heavy (non-hydrogen) atoms. The second-order valence-corrected chi connectivity index (χ2v) is 7.13. The first-order valence-corrected chi connectivity index (χ1v) is 8.99. The number of rotatable bonds is 6. The van der Waals surface area contributed by atoms with E-state index in [-0.39, 0.29) is 10.9 Å². The summed E-state index contributed by atoms with van der Waals surface area (Å²) >= 11 is 0. The van der Waals surface area contributed by atoms with Crippen LogP contribution >= 0.6 is 0 Å². The standard InChI is InChI=1S/C17H19FN2O3S/c1-3-12(2)20-24(22,23)16-10-4-13(5-11-16)17(21)19-15-8-6-14(18)7-9-15/h4-12,20H,3H2,1-2H3,(H,19,21). The average Bonchev–Trinajstić information content (AvgIpc) is 2.56. The number of amides is 1. The lowest BCUT2D eigenvalue weighted by molar-refractivity contribution is 0.102. The van der Waals surface area contributed by atoms with Crippen LogP contribution in [0.15, 0.2) is 53.4 Å². The van der Waals surface area contributed by atoms with Crippen molar-refractivity contribution in [3.05, 3.63) is 59.9 Å². The van der Waals surface area contributed by atoms with Crippen LogP contribution in [0.2, 0.25) is 0 Å². The zero-order chi connectivity index (χ0) is 17.7. The van der Waals surface area contributed by atoms with Crippen molar-refractivity contribution < 1.29 is 17.6 Å². The fourth-order valence-corrected chi connectivity index (χ4v) is 3.27. The van der Waals surface area contributed by atoms with Gasteiger partial charge in [-0.15, -0.1) is 0 Å². The van der Waals surface area contributed by atoms with Gasteiger partial charge in [0.1, 0.15) is 5.82 Å². The van der Waals surface area contributed by atoms with Crippen LogP contribution in [0.25, 0.3) is 0 Å². The highest BCUT2D eigenvalue weighted by molar-refractivity contribution is 7.89. The highest BCUT2D eigenvalue weighted by atomic mass is 32.2. The number of hydrogen-bond acceptors (Lipinski definition) is 3. The molecule has 0 aromatic heterocycles. The smallest absolute Gasteiger partial charge is 0.255 e. The van der Waals surface area contributed by atoms with Gasteiger partial charge in [0.2, 0.25) is 10.0 Å². The van der Waals surface area contributed by atoms with Crippen molar-refractivity contribution in [2.75, 3.05) is 5.32 Å². The first kappa shape index (κ1) is 18.1. The summed E-state index contributed by atoms with van der Waals surface area (Å²) in [7, 11) is -3.60. The van der Waals surface area contributed by atoms with Gasteiger partial charge >= 0.3 is 0 Å². The number of hydrogen-bond donors (Lipinski definition) is 2. The third-order valence-corrected chi connectivity index (χ3v) is 5.10. The molecule has 128 valence electrons. The predicted octanol–water partition coefficient (Wildman–Crippen LogP) is 3.15. The van der Waals surface area contributed by atoms with Gasteiger partial charge in [0.25, 0.3) is 5.91 Å². The Morgan fingerprint density at radius 3 is 2.21 bits per heavy atom. The zero-order valence-electron chi connectivity index (χ0n) is 13.4. The third kappa shape index (κ3) is 4.62. The highest BCUT2D eigenvalue weighted by Gasteiger charge is 2.17. The van der Waals surface area contributed by atoms with Crippen LogP contribution in [0.3, 0.4) is 0 Å². The van der Waals surface area contributed by atoms with Crippen molar-refractivity contribution in [2.45, 2.75) is 31.2 Å². The highest BCUT2D eigenvalue weighted by Crippen LogP contribution is 2.14. The zero-order valence-corrected chi connectivity index (χ0v) is 14.2. The molecule has 0 aliphatic heterocycles. The number of carbonyl (C=O) groups is 1. The van der Waals surface area contributed by atoms with Crippen molar-refractivity contribution in [3.8, 4) is 0 Å². The van der Waals surface area contributed by atoms with Gasteiger partial charge in [-0.05, 0) is 61.9 Å². The molecular formula is C17H19FN2O3S. The molecule has 0 radical (unpaired) electrons. The molecule has 2 rings (SSSR count). The predicted molar refractivity (Wildman–Crippen MR) is 90.9 cm³/mol. The molecule has 0 aliphatic carbocycles. The van der Waals surface area contributed by atoms with E-state index in [1.807, 2.05) is 6.92 Å². The molecule has 2 N–H and O–H groups in total. The SMILES string of the molecule is CCC(C)NS(=O)(=O)c1ccc(C(=O)Nc2ccc(F)cc2)cc1. The van der Waals surface area contributed by atoms with Crippen LogP contribution in [-0.4, -0.2) is 20.4 Å². The van der Waals surface area contributed by atoms with Gasteiger partial charge in [-0.2, -0.15) is 0 Å². The number of nitrogens with one attached hydrogen (secondary N) is 2. The van der Waals surface area contributed by atoms with Crippen LogP contribution in [0.4, 0.5) is 10.1 Å². The van der Waals surface area contributed by atoms with Crippen LogP contribution in [0.1, 0.15) is 30.6 Å². The summed E-state index contributed by atoms with van der Waals surface area (Å²) in [6.07, 6.45) is 0.678. The van der Waals surface area contributed by atoms with Gasteiger partial charge in [-0.3, -0.25) is 4.79 Å². The summed E-state index contributed by atoms with van der Waals surface area (Å²) in [5, 5.41) is 2.61. The van der Waals surface area contributed by atoms with Gasteiger partial charge in [0.15, 0.2) is 0 Å². The summed E-state index contributed by atoms with van der Waals surface area (Å²) in [6, 6.07) is 10.8. The van der Waals surface area contributed by atoms with Gasteiger partial charge in [0.05, 0.1) is 4.90 Å². The molecule has 2 aromatic carbocycles. The summed E-state index contributed by atoms with van der Waals surface area (Å²) in [4.78, 5) is 12.2. The van der Waals surface area contributed by atoms with Crippen LogP contribution in [-0.2, 0) is 10.0 Å². The Morgan fingerprint density at radius 1 is 1.08 bits per heavy atom. The second kappa shape index (κ2) is 7.55. The Morgan fingerprint density at radius 2 is 1.67 bits per heavy atom. The summed E-state index contributed by atoms with van der Waals surface area (Å²) in [6.45, 7) is 3.66. The lowest BCUT2D eigenvalue weighted by Gasteiger charge is -2.12. The maximum Gasteiger partial charge on any atom is 0.255 e. The molecule has 0 fully saturated rings. The minimum absolute atomic E-state index is 0.0983. The van der Waals surface area contributed by atoms with Crippen molar-refractivity contribution in [1.82, 2.24) is 4.72 Å². The van der Waals surface area contributed by atoms with E-state index < -0.39 is 21.7 Å². The maximum absolute atomic E-state index is 12.8. The molecule has 2 aromatic rings. The monoisotopic (exact) mass is 350 g/mol. The molecule has 0 heterocycles. The Hall–Kier alpha value is -2.25. The number of anilines is 1. The quantitative estimate of drug-likeness (QED) is 0.840. The molecule has 0 saturated carbocycles. The number of sulfonamides is 1.